The Morgan fingerprint density at radius 3 is 2.56 bits per heavy atom. The normalized spacial score (nSPS) is 19.2. The zero-order chi connectivity index (χ0) is 22.3. The third kappa shape index (κ3) is 2.54. The second-order valence-electron chi connectivity index (χ2n) is 8.29. The van der Waals surface area contributed by atoms with E-state index in [2.05, 4.69) is 0 Å². The van der Waals surface area contributed by atoms with Crippen molar-refractivity contribution in [1.29, 1.82) is 0 Å². The number of fused-ring (bicyclic) bond motifs is 3. The zero-order valence-electron chi connectivity index (χ0n) is 17.2. The Morgan fingerprint density at radius 1 is 1.12 bits per heavy atom. The monoisotopic (exact) mass is 483 g/mol. The van der Waals surface area contributed by atoms with Crippen LogP contribution in [0.15, 0.2) is 42.5 Å². The largest absolute Gasteiger partial charge is 0.423 e. The van der Waals surface area contributed by atoms with E-state index in [1.165, 1.54) is 10.3 Å². The summed E-state index contributed by atoms with van der Waals surface area (Å²) in [6.07, 6.45) is 0. The number of amides is 1. The van der Waals surface area contributed by atoms with Crippen LogP contribution in [0.25, 0.3) is 11.1 Å². The van der Waals surface area contributed by atoms with Gasteiger partial charge in [-0.1, -0.05) is 51.1 Å². The Labute approximate surface area is 196 Å². The maximum absolute atomic E-state index is 13.7. The Hall–Kier alpha value is -2.43. The SMILES string of the molecule is CC1(C)c2ssc(=S)c2-c2cc(OC(=O)c3ccccc3)cc3c2N1C(=O)C31OCCO1. The molecule has 1 amide bonds. The van der Waals surface area contributed by atoms with Crippen LogP contribution < -0.4 is 9.64 Å². The van der Waals surface area contributed by atoms with E-state index in [-0.39, 0.29) is 5.91 Å². The van der Waals surface area contributed by atoms with Gasteiger partial charge in [0.15, 0.2) is 0 Å². The maximum Gasteiger partial charge on any atom is 0.343 e. The van der Waals surface area contributed by atoms with Crippen LogP contribution >= 0.6 is 32.9 Å². The molecule has 1 saturated heterocycles. The Balaban J connectivity index is 1.59. The van der Waals surface area contributed by atoms with Crippen molar-refractivity contribution in [2.24, 2.45) is 0 Å². The highest BCUT2D eigenvalue weighted by Crippen LogP contribution is 2.60. The van der Waals surface area contributed by atoms with Gasteiger partial charge in [-0.05, 0) is 38.1 Å². The summed E-state index contributed by atoms with van der Waals surface area (Å²) >= 11 is 5.67. The molecule has 0 unspecified atom stereocenters. The third-order valence-electron chi connectivity index (χ3n) is 6.08. The van der Waals surface area contributed by atoms with Crippen molar-refractivity contribution in [2.75, 3.05) is 18.1 Å². The molecule has 32 heavy (non-hydrogen) atoms. The predicted molar refractivity (Wildman–Crippen MR) is 124 cm³/mol. The minimum absolute atomic E-state index is 0.266. The second-order valence-corrected chi connectivity index (χ2v) is 11.1. The number of hydrogen-bond donors (Lipinski definition) is 0. The zero-order valence-corrected chi connectivity index (χ0v) is 19.6. The summed E-state index contributed by atoms with van der Waals surface area (Å²) in [4.78, 5) is 29.3. The molecule has 3 aromatic rings. The van der Waals surface area contributed by atoms with Crippen LogP contribution in [0.2, 0.25) is 0 Å². The fourth-order valence-corrected chi connectivity index (χ4v) is 7.96. The van der Waals surface area contributed by atoms with Gasteiger partial charge >= 0.3 is 5.97 Å². The van der Waals surface area contributed by atoms with Crippen LogP contribution in [0.4, 0.5) is 5.69 Å². The lowest BCUT2D eigenvalue weighted by Gasteiger charge is -2.40. The molecule has 9 heteroatoms. The number of nitrogens with zero attached hydrogens (tertiary/aromatic N) is 1. The molecule has 1 fully saturated rings. The molecule has 0 N–H and O–H groups in total. The molecular formula is C23H17NO5S3. The molecule has 2 aromatic carbocycles. The van der Waals surface area contributed by atoms with E-state index in [4.69, 9.17) is 26.4 Å². The molecule has 0 radical (unpaired) electrons. The maximum atomic E-state index is 13.7. The standard InChI is InChI=1S/C23H17NO5S3/c1-22(2)18-16(20(30)32-31-18)14-10-13(29-19(25)12-6-4-3-5-7-12)11-15-17(14)24(22)21(26)23(15)27-8-9-28-23/h3-7,10-11H,8-9H2,1-2H3. The van der Waals surface area contributed by atoms with Crippen LogP contribution in [-0.4, -0.2) is 25.1 Å². The summed E-state index contributed by atoms with van der Waals surface area (Å²) in [6.45, 7) is 4.62. The molecule has 0 aliphatic carbocycles. The van der Waals surface area contributed by atoms with Crippen molar-refractivity contribution < 1.29 is 23.8 Å². The summed E-state index contributed by atoms with van der Waals surface area (Å²) < 4.78 is 18.3. The first-order chi connectivity index (χ1) is 15.3. The predicted octanol–water partition coefficient (Wildman–Crippen LogP) is 5.22. The number of rotatable bonds is 2. The molecular weight excluding hydrogens is 466 g/mol. The number of anilines is 1. The summed E-state index contributed by atoms with van der Waals surface area (Å²) in [5.74, 6) is -1.96. The quantitative estimate of drug-likeness (QED) is 0.216. The molecule has 0 bridgehead atoms. The first kappa shape index (κ1) is 20.2. The van der Waals surface area contributed by atoms with Crippen molar-refractivity contribution in [3.8, 4) is 16.9 Å². The van der Waals surface area contributed by atoms with E-state index in [0.29, 0.717) is 35.8 Å². The number of ether oxygens (including phenoxy) is 3. The van der Waals surface area contributed by atoms with Crippen molar-refractivity contribution in [3.63, 3.8) is 0 Å². The van der Waals surface area contributed by atoms with Crippen LogP contribution in [0.1, 0.15) is 34.6 Å². The van der Waals surface area contributed by atoms with E-state index in [1.807, 2.05) is 19.9 Å². The van der Waals surface area contributed by atoms with Crippen LogP contribution in [0.3, 0.4) is 0 Å². The molecule has 6 rings (SSSR count). The third-order valence-corrected chi connectivity index (χ3v) is 9.41. The van der Waals surface area contributed by atoms with Gasteiger partial charge in [-0.15, -0.1) is 0 Å². The summed E-state index contributed by atoms with van der Waals surface area (Å²) in [5, 5.41) is 0. The average molecular weight is 484 g/mol. The minimum atomic E-state index is -1.53. The lowest BCUT2D eigenvalue weighted by atomic mass is 9.87. The molecule has 1 spiro atoms. The molecule has 1 aromatic heterocycles. The molecule has 0 atom stereocenters. The minimum Gasteiger partial charge on any atom is -0.423 e. The highest BCUT2D eigenvalue weighted by Gasteiger charge is 2.62. The summed E-state index contributed by atoms with van der Waals surface area (Å²) in [6, 6.07) is 12.2. The number of benzene rings is 2. The highest BCUT2D eigenvalue weighted by atomic mass is 32.9. The summed E-state index contributed by atoms with van der Waals surface area (Å²) in [7, 11) is 3.08. The molecule has 162 valence electrons. The first-order valence-corrected chi connectivity index (χ1v) is 12.6. The smallest absolute Gasteiger partial charge is 0.343 e. The van der Waals surface area contributed by atoms with Gasteiger partial charge in [0, 0.05) is 16.7 Å². The Kier molecular flexibility index (Phi) is 4.28. The van der Waals surface area contributed by atoms with Crippen molar-refractivity contribution in [2.45, 2.75) is 25.2 Å². The van der Waals surface area contributed by atoms with Gasteiger partial charge in [-0.25, -0.2) is 4.79 Å². The van der Waals surface area contributed by atoms with E-state index >= 15 is 0 Å². The number of hydrogen-bond acceptors (Lipinski definition) is 8. The summed E-state index contributed by atoms with van der Waals surface area (Å²) in [5.41, 5.74) is 2.76. The number of carbonyl (C=O) groups is 2. The van der Waals surface area contributed by atoms with Gasteiger partial charge in [-0.2, -0.15) is 0 Å². The topological polar surface area (TPSA) is 65.1 Å². The van der Waals surface area contributed by atoms with Crippen molar-refractivity contribution in [3.05, 3.63) is 62.3 Å². The van der Waals surface area contributed by atoms with Crippen molar-refractivity contribution >= 4 is 50.5 Å². The average Bonchev–Trinajstić information content (AvgIpc) is 3.48. The van der Waals surface area contributed by atoms with E-state index in [1.54, 1.807) is 51.6 Å². The van der Waals surface area contributed by atoms with Gasteiger partial charge < -0.3 is 14.2 Å². The number of esters is 1. The number of carbonyl (C=O) groups excluding carboxylic acids is 2. The first-order valence-electron chi connectivity index (χ1n) is 10.1. The van der Waals surface area contributed by atoms with Crippen LogP contribution in [0.5, 0.6) is 5.75 Å². The van der Waals surface area contributed by atoms with Gasteiger partial charge in [0.25, 0.3) is 11.7 Å². The fourth-order valence-electron chi connectivity index (χ4n) is 4.68. The van der Waals surface area contributed by atoms with Gasteiger partial charge in [-0.3, -0.25) is 9.69 Å². The van der Waals surface area contributed by atoms with Crippen molar-refractivity contribution in [1.82, 2.24) is 0 Å². The highest BCUT2D eigenvalue weighted by molar-refractivity contribution is 7.80. The molecule has 6 nitrogen and oxygen atoms in total. The van der Waals surface area contributed by atoms with E-state index in [9.17, 15) is 9.59 Å². The molecule has 4 heterocycles. The fraction of sp³-hybridized carbons (Fsp3) is 0.261. The van der Waals surface area contributed by atoms with Gasteiger partial charge in [0.1, 0.15) is 9.57 Å². The Morgan fingerprint density at radius 2 is 1.84 bits per heavy atom. The van der Waals surface area contributed by atoms with Gasteiger partial charge in [0.05, 0.1) is 34.9 Å². The second kappa shape index (κ2) is 6.79. The lowest BCUT2D eigenvalue weighted by molar-refractivity contribution is -0.181. The molecule has 3 aliphatic rings. The lowest BCUT2D eigenvalue weighted by Crippen LogP contribution is -2.50. The molecule has 0 saturated carbocycles. The Bertz CT molecular complexity index is 1350. The van der Waals surface area contributed by atoms with Crippen LogP contribution in [0, 0.1) is 3.82 Å². The molecule has 3 aliphatic heterocycles. The van der Waals surface area contributed by atoms with E-state index < -0.39 is 17.3 Å². The van der Waals surface area contributed by atoms with Crippen LogP contribution in [-0.2, 0) is 25.6 Å². The van der Waals surface area contributed by atoms with E-state index in [0.717, 1.165) is 19.8 Å². The van der Waals surface area contributed by atoms with Gasteiger partial charge in [0.2, 0.25) is 0 Å².